The van der Waals surface area contributed by atoms with E-state index in [1.165, 1.54) is 0 Å². The number of hydrogen-bond acceptors (Lipinski definition) is 3. The van der Waals surface area contributed by atoms with Gasteiger partial charge in [-0.1, -0.05) is 36.4 Å². The van der Waals surface area contributed by atoms with Crippen molar-refractivity contribution in [2.75, 3.05) is 6.26 Å². The molecule has 1 N–H and O–H groups in total. The Morgan fingerprint density at radius 1 is 1.21 bits per heavy atom. The molecule has 2 unspecified atom stereocenters. The summed E-state index contributed by atoms with van der Waals surface area (Å²) in [5.41, 5.74) is 1.12. The second-order valence-corrected chi connectivity index (χ2v) is 6.40. The molecule has 0 aliphatic carbocycles. The van der Waals surface area contributed by atoms with Crippen molar-refractivity contribution >= 4 is 29.0 Å². The van der Waals surface area contributed by atoms with Crippen LogP contribution in [0.2, 0.25) is 0 Å². The van der Waals surface area contributed by atoms with E-state index in [0.717, 1.165) is 10.4 Å². The molecule has 100 valence electrons. The lowest BCUT2D eigenvalue weighted by molar-refractivity contribution is -0.120. The van der Waals surface area contributed by atoms with Crippen molar-refractivity contribution < 1.29 is 4.79 Å². The Labute approximate surface area is 122 Å². The first kappa shape index (κ1) is 14.2. The van der Waals surface area contributed by atoms with Gasteiger partial charge in [0.15, 0.2) is 0 Å². The zero-order chi connectivity index (χ0) is 13.7. The Kier molecular flexibility index (Phi) is 5.05. The zero-order valence-corrected chi connectivity index (χ0v) is 12.6. The van der Waals surface area contributed by atoms with Gasteiger partial charge in [-0.05, 0) is 30.2 Å². The molecule has 0 radical (unpaired) electrons. The van der Waals surface area contributed by atoms with Gasteiger partial charge in [0.25, 0.3) is 0 Å². The largest absolute Gasteiger partial charge is 0.343 e. The molecule has 1 aromatic heterocycles. The highest BCUT2D eigenvalue weighted by atomic mass is 32.2. The van der Waals surface area contributed by atoms with Gasteiger partial charge in [-0.2, -0.15) is 11.8 Å². The van der Waals surface area contributed by atoms with Crippen molar-refractivity contribution in [1.29, 1.82) is 0 Å². The fourth-order valence-corrected chi connectivity index (χ4v) is 2.87. The standard InChI is InChI=1S/C15H17NOS2/c1-11(18-2)15(17)16-14(13-9-6-10-19-13)12-7-4-3-5-8-12/h3-11,14H,1-2H3,(H,16,17). The van der Waals surface area contributed by atoms with Gasteiger partial charge in [0.1, 0.15) is 0 Å². The van der Waals surface area contributed by atoms with Crippen molar-refractivity contribution in [2.24, 2.45) is 0 Å². The molecular weight excluding hydrogens is 274 g/mol. The highest BCUT2D eigenvalue weighted by Gasteiger charge is 2.20. The summed E-state index contributed by atoms with van der Waals surface area (Å²) in [6, 6.07) is 14.1. The molecule has 1 amide bonds. The summed E-state index contributed by atoms with van der Waals surface area (Å²) in [4.78, 5) is 13.3. The molecule has 1 heterocycles. The Morgan fingerprint density at radius 3 is 2.53 bits per heavy atom. The number of benzene rings is 1. The van der Waals surface area contributed by atoms with E-state index >= 15 is 0 Å². The van der Waals surface area contributed by atoms with Crippen LogP contribution in [0.25, 0.3) is 0 Å². The van der Waals surface area contributed by atoms with Gasteiger partial charge in [-0.3, -0.25) is 4.79 Å². The maximum Gasteiger partial charge on any atom is 0.233 e. The number of rotatable bonds is 5. The quantitative estimate of drug-likeness (QED) is 0.910. The third kappa shape index (κ3) is 3.61. The summed E-state index contributed by atoms with van der Waals surface area (Å²) in [7, 11) is 0. The first-order valence-corrected chi connectivity index (χ1v) is 8.30. The van der Waals surface area contributed by atoms with Crippen LogP contribution in [-0.4, -0.2) is 17.4 Å². The molecule has 2 aromatic rings. The van der Waals surface area contributed by atoms with Crippen molar-refractivity contribution in [3.63, 3.8) is 0 Å². The Morgan fingerprint density at radius 2 is 1.95 bits per heavy atom. The molecule has 0 fully saturated rings. The van der Waals surface area contributed by atoms with Crippen LogP contribution in [0.1, 0.15) is 23.4 Å². The van der Waals surface area contributed by atoms with Crippen LogP contribution in [0.4, 0.5) is 0 Å². The van der Waals surface area contributed by atoms with Gasteiger partial charge in [-0.25, -0.2) is 0 Å². The van der Waals surface area contributed by atoms with E-state index in [1.54, 1.807) is 23.1 Å². The summed E-state index contributed by atoms with van der Waals surface area (Å²) in [6.45, 7) is 1.93. The number of thioether (sulfide) groups is 1. The lowest BCUT2D eigenvalue weighted by atomic mass is 10.1. The number of carbonyl (C=O) groups is 1. The number of hydrogen-bond donors (Lipinski definition) is 1. The second kappa shape index (κ2) is 6.78. The third-order valence-electron chi connectivity index (χ3n) is 2.97. The SMILES string of the molecule is CSC(C)C(=O)NC(c1ccccc1)c1cccs1. The minimum absolute atomic E-state index is 0.0359. The molecule has 2 atom stereocenters. The maximum atomic E-state index is 12.1. The van der Waals surface area contributed by atoms with Gasteiger partial charge in [0.05, 0.1) is 11.3 Å². The molecule has 19 heavy (non-hydrogen) atoms. The molecule has 1 aromatic carbocycles. The van der Waals surface area contributed by atoms with E-state index in [-0.39, 0.29) is 17.2 Å². The Hall–Kier alpha value is -1.26. The van der Waals surface area contributed by atoms with Crippen molar-refractivity contribution in [3.05, 3.63) is 58.3 Å². The molecule has 2 rings (SSSR count). The summed E-state index contributed by atoms with van der Waals surface area (Å²) in [5.74, 6) is 0.0785. The summed E-state index contributed by atoms with van der Waals surface area (Å²) in [6.07, 6.45) is 1.95. The van der Waals surface area contributed by atoms with Crippen LogP contribution in [0.3, 0.4) is 0 Å². The van der Waals surface area contributed by atoms with Crippen LogP contribution in [-0.2, 0) is 4.79 Å². The van der Waals surface area contributed by atoms with E-state index in [0.29, 0.717) is 0 Å². The molecule has 2 nitrogen and oxygen atoms in total. The molecule has 0 bridgehead atoms. The monoisotopic (exact) mass is 291 g/mol. The number of amides is 1. The average molecular weight is 291 g/mol. The number of nitrogens with one attached hydrogen (secondary N) is 1. The van der Waals surface area contributed by atoms with Crippen molar-refractivity contribution in [2.45, 2.75) is 18.2 Å². The number of carbonyl (C=O) groups excluding carboxylic acids is 1. The smallest absolute Gasteiger partial charge is 0.233 e. The molecule has 0 saturated carbocycles. The predicted octanol–water partition coefficient (Wildman–Crippen LogP) is 3.71. The molecular formula is C15H17NOS2. The van der Waals surface area contributed by atoms with Gasteiger partial charge in [0.2, 0.25) is 5.91 Å². The number of thiophene rings is 1. The van der Waals surface area contributed by atoms with Gasteiger partial charge < -0.3 is 5.32 Å². The summed E-state index contributed by atoms with van der Waals surface area (Å²) >= 11 is 3.22. The Bertz CT molecular complexity index is 510. The first-order chi connectivity index (χ1) is 9.22. The minimum Gasteiger partial charge on any atom is -0.343 e. The van der Waals surface area contributed by atoms with E-state index in [4.69, 9.17) is 0 Å². The van der Waals surface area contributed by atoms with Gasteiger partial charge in [0, 0.05) is 4.88 Å². The lowest BCUT2D eigenvalue weighted by Crippen LogP contribution is -2.34. The third-order valence-corrected chi connectivity index (χ3v) is 4.83. The highest BCUT2D eigenvalue weighted by Crippen LogP contribution is 2.26. The first-order valence-electron chi connectivity index (χ1n) is 6.14. The van der Waals surface area contributed by atoms with Crippen molar-refractivity contribution in [3.8, 4) is 0 Å². The fourth-order valence-electron chi connectivity index (χ4n) is 1.79. The fraction of sp³-hybridized carbons (Fsp3) is 0.267. The topological polar surface area (TPSA) is 29.1 Å². The normalized spacial score (nSPS) is 13.8. The maximum absolute atomic E-state index is 12.1. The van der Waals surface area contributed by atoms with Gasteiger partial charge in [-0.15, -0.1) is 11.3 Å². The summed E-state index contributed by atoms with van der Waals surface area (Å²) in [5, 5.41) is 5.14. The van der Waals surface area contributed by atoms with Crippen molar-refractivity contribution in [1.82, 2.24) is 5.32 Å². The van der Waals surface area contributed by atoms with Crippen LogP contribution in [0, 0.1) is 0 Å². The molecule has 0 spiro atoms. The van der Waals surface area contributed by atoms with Gasteiger partial charge >= 0.3 is 0 Å². The molecule has 4 heteroatoms. The second-order valence-electron chi connectivity index (χ2n) is 4.25. The van der Waals surface area contributed by atoms with E-state index < -0.39 is 0 Å². The lowest BCUT2D eigenvalue weighted by Gasteiger charge is -2.20. The molecule has 0 aliphatic rings. The minimum atomic E-state index is -0.0525. The molecule has 0 aliphatic heterocycles. The summed E-state index contributed by atoms with van der Waals surface area (Å²) < 4.78 is 0. The van der Waals surface area contributed by atoms with E-state index in [2.05, 4.69) is 23.5 Å². The predicted molar refractivity (Wildman–Crippen MR) is 83.7 cm³/mol. The average Bonchev–Trinajstić information content (AvgIpc) is 2.98. The molecule has 0 saturated heterocycles. The van der Waals surface area contributed by atoms with Crippen LogP contribution >= 0.6 is 23.1 Å². The van der Waals surface area contributed by atoms with E-state index in [1.807, 2.05) is 42.8 Å². The van der Waals surface area contributed by atoms with Crippen LogP contribution in [0.5, 0.6) is 0 Å². The van der Waals surface area contributed by atoms with Crippen LogP contribution < -0.4 is 5.32 Å². The van der Waals surface area contributed by atoms with Crippen LogP contribution in [0.15, 0.2) is 47.8 Å². The highest BCUT2D eigenvalue weighted by molar-refractivity contribution is 7.99. The van der Waals surface area contributed by atoms with E-state index in [9.17, 15) is 4.79 Å². The zero-order valence-electron chi connectivity index (χ0n) is 11.0. The Balaban J connectivity index is 2.24.